The highest BCUT2D eigenvalue weighted by molar-refractivity contribution is 5.99. The fourth-order valence-corrected chi connectivity index (χ4v) is 1.38. The van der Waals surface area contributed by atoms with E-state index >= 15 is 0 Å². The molecule has 6 nitrogen and oxygen atoms in total. The normalized spacial score (nSPS) is 10.6. The molecule has 0 aliphatic carbocycles. The summed E-state index contributed by atoms with van der Waals surface area (Å²) in [7, 11) is 0. The maximum Gasteiger partial charge on any atom is 0.323 e. The lowest BCUT2D eigenvalue weighted by atomic mass is 9.85. The van der Waals surface area contributed by atoms with Gasteiger partial charge in [0.25, 0.3) is 0 Å². The van der Waals surface area contributed by atoms with Gasteiger partial charge in [0.15, 0.2) is 5.41 Å². The van der Waals surface area contributed by atoms with Crippen LogP contribution >= 0.6 is 0 Å². The Morgan fingerprint density at radius 3 is 2.00 bits per heavy atom. The molecular formula is C13H21NO5. The molecular weight excluding hydrogens is 250 g/mol. The van der Waals surface area contributed by atoms with Crippen LogP contribution in [0.3, 0.4) is 0 Å². The zero-order chi connectivity index (χ0) is 14.7. The number of hydrogen-bond acceptors (Lipinski definition) is 6. The van der Waals surface area contributed by atoms with E-state index in [-0.39, 0.29) is 26.2 Å². The summed E-state index contributed by atoms with van der Waals surface area (Å²) in [6.45, 7) is 8.67. The van der Waals surface area contributed by atoms with E-state index in [4.69, 9.17) is 15.4 Å². The van der Waals surface area contributed by atoms with Gasteiger partial charge in [-0.05, 0) is 19.8 Å². The van der Waals surface area contributed by atoms with Crippen molar-refractivity contribution in [2.45, 2.75) is 19.8 Å². The highest BCUT2D eigenvalue weighted by Crippen LogP contribution is 2.27. The van der Waals surface area contributed by atoms with Crippen molar-refractivity contribution in [3.05, 3.63) is 25.3 Å². The maximum atomic E-state index is 12.0. The van der Waals surface area contributed by atoms with Crippen molar-refractivity contribution in [3.63, 3.8) is 0 Å². The first kappa shape index (κ1) is 17.3. The van der Waals surface area contributed by atoms with E-state index in [0.29, 0.717) is 6.42 Å². The van der Waals surface area contributed by atoms with E-state index in [2.05, 4.69) is 18.0 Å². The summed E-state index contributed by atoms with van der Waals surface area (Å²) in [5.74, 6) is 3.60. The Morgan fingerprint density at radius 1 is 1.16 bits per heavy atom. The first-order valence-electron chi connectivity index (χ1n) is 5.90. The van der Waals surface area contributed by atoms with Crippen LogP contribution in [0.2, 0.25) is 0 Å². The van der Waals surface area contributed by atoms with Gasteiger partial charge >= 0.3 is 11.9 Å². The standard InChI is InChI=1S/C13H21NO5/c1-4-8-17-11(15)13(3,7-6-10-19-14)12(16)18-9-5-2/h4-5H,1-2,6-10,14H2,3H3. The molecule has 108 valence electrons. The molecule has 0 radical (unpaired) electrons. The van der Waals surface area contributed by atoms with Crippen LogP contribution in [-0.4, -0.2) is 31.8 Å². The summed E-state index contributed by atoms with van der Waals surface area (Å²) in [6.07, 6.45) is 3.50. The van der Waals surface area contributed by atoms with Gasteiger partial charge in [-0.2, -0.15) is 0 Å². The first-order valence-corrected chi connectivity index (χ1v) is 5.90. The average molecular weight is 271 g/mol. The van der Waals surface area contributed by atoms with Gasteiger partial charge in [-0.15, -0.1) is 0 Å². The van der Waals surface area contributed by atoms with Crippen LogP contribution in [0.1, 0.15) is 19.8 Å². The summed E-state index contributed by atoms with van der Waals surface area (Å²) in [5, 5.41) is 0. The van der Waals surface area contributed by atoms with E-state index < -0.39 is 17.4 Å². The van der Waals surface area contributed by atoms with E-state index in [1.165, 1.54) is 19.1 Å². The summed E-state index contributed by atoms with van der Waals surface area (Å²) in [5.41, 5.74) is -1.38. The fraction of sp³-hybridized carbons (Fsp3) is 0.538. The van der Waals surface area contributed by atoms with Gasteiger partial charge in [-0.1, -0.05) is 25.3 Å². The minimum absolute atomic E-state index is 0.0382. The van der Waals surface area contributed by atoms with Crippen LogP contribution in [0.15, 0.2) is 25.3 Å². The number of esters is 2. The maximum absolute atomic E-state index is 12.0. The number of carbonyl (C=O) groups excluding carboxylic acids is 2. The minimum Gasteiger partial charge on any atom is -0.461 e. The van der Waals surface area contributed by atoms with Crippen LogP contribution in [0, 0.1) is 5.41 Å². The molecule has 2 N–H and O–H groups in total. The third-order valence-corrected chi connectivity index (χ3v) is 2.50. The highest BCUT2D eigenvalue weighted by Gasteiger charge is 2.43. The molecule has 0 rings (SSSR count). The zero-order valence-corrected chi connectivity index (χ0v) is 11.2. The Bertz CT molecular complexity index is 303. The van der Waals surface area contributed by atoms with Crippen LogP contribution in [0.5, 0.6) is 0 Å². The number of nitrogens with two attached hydrogens (primary N) is 1. The topological polar surface area (TPSA) is 87.9 Å². The molecule has 0 atom stereocenters. The van der Waals surface area contributed by atoms with Crippen molar-refractivity contribution in [1.29, 1.82) is 0 Å². The van der Waals surface area contributed by atoms with Crippen molar-refractivity contribution >= 4 is 11.9 Å². The number of ether oxygens (including phenoxy) is 2. The molecule has 0 aliphatic rings. The van der Waals surface area contributed by atoms with Crippen molar-refractivity contribution in [3.8, 4) is 0 Å². The predicted molar refractivity (Wildman–Crippen MR) is 69.8 cm³/mol. The van der Waals surface area contributed by atoms with Gasteiger partial charge in [0.05, 0.1) is 6.61 Å². The Balaban J connectivity index is 4.77. The smallest absolute Gasteiger partial charge is 0.323 e. The largest absolute Gasteiger partial charge is 0.461 e. The molecule has 0 saturated carbocycles. The molecule has 0 aromatic carbocycles. The predicted octanol–water partition coefficient (Wildman–Crippen LogP) is 1.12. The molecule has 0 aliphatic heterocycles. The van der Waals surface area contributed by atoms with Crippen molar-refractivity contribution in [2.75, 3.05) is 19.8 Å². The highest BCUT2D eigenvalue weighted by atomic mass is 16.6. The molecule has 6 heteroatoms. The number of carbonyl (C=O) groups is 2. The lowest BCUT2D eigenvalue weighted by Crippen LogP contribution is -2.39. The SMILES string of the molecule is C=CCOC(=O)C(C)(CCCON)C(=O)OCC=C. The van der Waals surface area contributed by atoms with Gasteiger partial charge in [0.2, 0.25) is 0 Å². The van der Waals surface area contributed by atoms with Crippen molar-refractivity contribution < 1.29 is 23.9 Å². The second-order valence-electron chi connectivity index (χ2n) is 4.08. The Morgan fingerprint density at radius 2 is 1.63 bits per heavy atom. The Hall–Kier alpha value is -1.66. The molecule has 0 spiro atoms. The zero-order valence-electron chi connectivity index (χ0n) is 11.2. The number of hydrogen-bond donors (Lipinski definition) is 1. The summed E-state index contributed by atoms with van der Waals surface area (Å²) in [6, 6.07) is 0. The van der Waals surface area contributed by atoms with Crippen LogP contribution in [0.25, 0.3) is 0 Å². The first-order chi connectivity index (χ1) is 9.02. The molecule has 0 saturated heterocycles. The van der Waals surface area contributed by atoms with E-state index in [1.54, 1.807) is 0 Å². The molecule has 0 heterocycles. The molecule has 0 fully saturated rings. The second-order valence-corrected chi connectivity index (χ2v) is 4.08. The third-order valence-electron chi connectivity index (χ3n) is 2.50. The molecule has 0 unspecified atom stereocenters. The van der Waals surface area contributed by atoms with Crippen LogP contribution < -0.4 is 5.90 Å². The Labute approximate surface area is 113 Å². The van der Waals surface area contributed by atoms with Crippen molar-refractivity contribution in [2.24, 2.45) is 11.3 Å². The lowest BCUT2D eigenvalue weighted by molar-refractivity contribution is -0.170. The number of rotatable bonds is 10. The molecule has 0 bridgehead atoms. The third kappa shape index (κ3) is 5.67. The lowest BCUT2D eigenvalue weighted by Gasteiger charge is -2.24. The molecule has 19 heavy (non-hydrogen) atoms. The fourth-order valence-electron chi connectivity index (χ4n) is 1.38. The molecule has 0 aromatic heterocycles. The van der Waals surface area contributed by atoms with E-state index in [9.17, 15) is 9.59 Å². The van der Waals surface area contributed by atoms with E-state index in [1.807, 2.05) is 0 Å². The molecule has 0 aromatic rings. The second kappa shape index (κ2) is 9.29. The van der Waals surface area contributed by atoms with Gasteiger partial charge in [0, 0.05) is 0 Å². The van der Waals surface area contributed by atoms with Crippen molar-refractivity contribution in [1.82, 2.24) is 0 Å². The van der Waals surface area contributed by atoms with Crippen LogP contribution in [-0.2, 0) is 23.9 Å². The van der Waals surface area contributed by atoms with Crippen LogP contribution in [0.4, 0.5) is 0 Å². The van der Waals surface area contributed by atoms with E-state index in [0.717, 1.165) is 0 Å². The Kier molecular flexibility index (Phi) is 8.48. The average Bonchev–Trinajstić information content (AvgIpc) is 2.41. The summed E-state index contributed by atoms with van der Waals surface area (Å²) >= 11 is 0. The monoisotopic (exact) mass is 271 g/mol. The molecule has 0 amide bonds. The summed E-state index contributed by atoms with van der Waals surface area (Å²) in [4.78, 5) is 28.3. The van der Waals surface area contributed by atoms with Gasteiger partial charge in [0.1, 0.15) is 13.2 Å². The summed E-state index contributed by atoms with van der Waals surface area (Å²) < 4.78 is 9.86. The van der Waals surface area contributed by atoms with Gasteiger partial charge in [-0.3, -0.25) is 9.59 Å². The quantitative estimate of drug-likeness (QED) is 0.211. The minimum atomic E-state index is -1.38. The van der Waals surface area contributed by atoms with Gasteiger partial charge < -0.3 is 14.3 Å². The van der Waals surface area contributed by atoms with Gasteiger partial charge in [-0.25, -0.2) is 5.90 Å².